The number of rotatable bonds is 8. The van der Waals surface area contributed by atoms with Crippen molar-refractivity contribution in [2.24, 2.45) is 22.7 Å². The fourth-order valence-corrected chi connectivity index (χ4v) is 13.9. The lowest BCUT2D eigenvalue weighted by molar-refractivity contribution is -0.300. The van der Waals surface area contributed by atoms with E-state index >= 15 is 0 Å². The number of aliphatic hydroxyl groups excluding tert-OH is 1. The third-order valence-corrected chi connectivity index (χ3v) is 16.2. The van der Waals surface area contributed by atoms with E-state index in [1.165, 1.54) is 6.42 Å². The molecule has 0 amide bonds. The molecule has 1 heterocycles. The molecule has 0 bridgehead atoms. The summed E-state index contributed by atoms with van der Waals surface area (Å²) in [5, 5.41) is 10.4. The van der Waals surface area contributed by atoms with Gasteiger partial charge >= 0.3 is 0 Å². The van der Waals surface area contributed by atoms with Gasteiger partial charge in [0.2, 0.25) is 0 Å². The van der Waals surface area contributed by atoms with E-state index in [0.717, 1.165) is 51.9 Å². The molecule has 5 heteroatoms. The third-order valence-electron chi connectivity index (χ3n) is 10.1. The fourth-order valence-electron chi connectivity index (χ4n) is 8.47. The molecule has 31 heavy (non-hydrogen) atoms. The molecule has 3 aliphatic rings. The number of aliphatic hydroxyl groups is 1. The van der Waals surface area contributed by atoms with Crippen LogP contribution in [0.4, 0.5) is 0 Å². The van der Waals surface area contributed by atoms with Crippen molar-refractivity contribution in [3.63, 3.8) is 0 Å². The minimum absolute atomic E-state index is 0.0187. The van der Waals surface area contributed by atoms with Crippen molar-refractivity contribution >= 4 is 8.32 Å². The fraction of sp³-hybridized carbons (Fsp3) is 1.00. The highest BCUT2D eigenvalue weighted by Gasteiger charge is 2.65. The van der Waals surface area contributed by atoms with Gasteiger partial charge in [-0.2, -0.15) is 0 Å². The zero-order valence-electron chi connectivity index (χ0n) is 21.6. The average molecular weight is 455 g/mol. The summed E-state index contributed by atoms with van der Waals surface area (Å²) < 4.78 is 19.7. The summed E-state index contributed by atoms with van der Waals surface area (Å²) in [5.41, 5.74) is 1.87. The van der Waals surface area contributed by atoms with Crippen molar-refractivity contribution in [1.82, 2.24) is 0 Å². The van der Waals surface area contributed by atoms with Crippen LogP contribution in [-0.2, 0) is 13.9 Å². The van der Waals surface area contributed by atoms with Crippen LogP contribution in [0.3, 0.4) is 0 Å². The van der Waals surface area contributed by atoms with Crippen LogP contribution in [-0.4, -0.2) is 45.6 Å². The van der Waals surface area contributed by atoms with E-state index in [1.54, 1.807) is 0 Å². The molecule has 182 valence electrons. The topological polar surface area (TPSA) is 47.9 Å². The van der Waals surface area contributed by atoms with Gasteiger partial charge < -0.3 is 19.0 Å². The maximum Gasteiger partial charge on any atom is 0.200 e. The number of ether oxygens (including phenoxy) is 2. The average Bonchev–Trinajstić information content (AvgIpc) is 3.16. The Labute approximate surface area is 192 Å². The summed E-state index contributed by atoms with van der Waals surface area (Å²) in [7, 11) is -1.88. The first kappa shape index (κ1) is 25.7. The molecule has 0 aromatic heterocycles. The van der Waals surface area contributed by atoms with Crippen LogP contribution in [0.1, 0.15) is 93.9 Å². The number of hydrogen-bond acceptors (Lipinski definition) is 4. The highest BCUT2D eigenvalue weighted by Crippen LogP contribution is 2.65. The second kappa shape index (κ2) is 9.36. The van der Waals surface area contributed by atoms with E-state index in [2.05, 4.69) is 55.4 Å². The summed E-state index contributed by atoms with van der Waals surface area (Å²) >= 11 is 0. The first-order valence-electron chi connectivity index (χ1n) is 13.0. The van der Waals surface area contributed by atoms with Gasteiger partial charge in [0, 0.05) is 25.0 Å². The summed E-state index contributed by atoms with van der Waals surface area (Å²) in [6.07, 6.45) is 6.53. The van der Waals surface area contributed by atoms with Crippen LogP contribution < -0.4 is 0 Å². The maximum absolute atomic E-state index is 10.4. The van der Waals surface area contributed by atoms with E-state index in [-0.39, 0.29) is 17.4 Å². The monoisotopic (exact) mass is 454 g/mol. The molecule has 4 nitrogen and oxygen atoms in total. The normalized spacial score (nSPS) is 36.0. The summed E-state index contributed by atoms with van der Waals surface area (Å²) in [6, 6.07) is 0. The molecule has 0 unspecified atom stereocenters. The molecule has 0 aromatic carbocycles. The molecule has 4 atom stereocenters. The first-order chi connectivity index (χ1) is 14.5. The quantitative estimate of drug-likeness (QED) is 0.424. The van der Waals surface area contributed by atoms with Gasteiger partial charge in [0.15, 0.2) is 14.1 Å². The SMILES string of the molecule is CC(C)[Si](OCC[C@@]1(C)[C@H](CO)CC[C@]2(C)[C@@H]1CCCC21OCCO1)(C(C)C)C(C)C. The van der Waals surface area contributed by atoms with Gasteiger partial charge in [0.25, 0.3) is 0 Å². The van der Waals surface area contributed by atoms with Crippen LogP contribution in [0, 0.1) is 22.7 Å². The Kier molecular flexibility index (Phi) is 7.76. The zero-order chi connectivity index (χ0) is 23.1. The van der Waals surface area contributed by atoms with Crippen LogP contribution >= 0.6 is 0 Å². The van der Waals surface area contributed by atoms with Gasteiger partial charge in [-0.25, -0.2) is 0 Å². The Morgan fingerprint density at radius 1 is 0.935 bits per heavy atom. The van der Waals surface area contributed by atoms with Gasteiger partial charge in [0.1, 0.15) is 0 Å². The predicted molar refractivity (Wildman–Crippen MR) is 130 cm³/mol. The van der Waals surface area contributed by atoms with Crippen molar-refractivity contribution < 1.29 is 19.0 Å². The second-order valence-electron chi connectivity index (χ2n) is 12.2. The van der Waals surface area contributed by atoms with E-state index in [1.807, 2.05) is 0 Å². The van der Waals surface area contributed by atoms with Crippen molar-refractivity contribution in [1.29, 1.82) is 0 Å². The Balaban J connectivity index is 1.85. The molecular formula is C26H50O4Si. The smallest absolute Gasteiger partial charge is 0.200 e. The Morgan fingerprint density at radius 3 is 2.03 bits per heavy atom. The zero-order valence-corrected chi connectivity index (χ0v) is 22.6. The van der Waals surface area contributed by atoms with E-state index in [0.29, 0.717) is 28.5 Å². The molecule has 0 radical (unpaired) electrons. The summed E-state index contributed by atoms with van der Waals surface area (Å²) in [4.78, 5) is 0. The first-order valence-corrected chi connectivity index (χ1v) is 15.2. The molecule has 3 fully saturated rings. The molecule has 1 aliphatic heterocycles. The van der Waals surface area contributed by atoms with Gasteiger partial charge in [-0.1, -0.05) is 55.4 Å². The van der Waals surface area contributed by atoms with Crippen LogP contribution in [0.25, 0.3) is 0 Å². The highest BCUT2D eigenvalue weighted by atomic mass is 28.4. The van der Waals surface area contributed by atoms with Gasteiger partial charge in [-0.15, -0.1) is 0 Å². The van der Waals surface area contributed by atoms with Gasteiger partial charge in [-0.3, -0.25) is 0 Å². The minimum Gasteiger partial charge on any atom is -0.416 e. The van der Waals surface area contributed by atoms with E-state index in [4.69, 9.17) is 13.9 Å². The summed E-state index contributed by atoms with van der Waals surface area (Å²) in [6.45, 7) is 21.6. The van der Waals surface area contributed by atoms with Crippen molar-refractivity contribution in [3.05, 3.63) is 0 Å². The Bertz CT molecular complexity index is 578. The molecule has 2 saturated carbocycles. The third kappa shape index (κ3) is 3.98. The van der Waals surface area contributed by atoms with Crippen molar-refractivity contribution in [3.8, 4) is 0 Å². The lowest BCUT2D eigenvalue weighted by atomic mass is 9.45. The molecule has 0 aromatic rings. The molecular weight excluding hydrogens is 404 g/mol. The lowest BCUT2D eigenvalue weighted by Gasteiger charge is -2.63. The summed E-state index contributed by atoms with van der Waals surface area (Å²) in [5.74, 6) is 0.415. The molecule has 1 saturated heterocycles. The highest BCUT2D eigenvalue weighted by molar-refractivity contribution is 6.77. The van der Waals surface area contributed by atoms with Crippen LogP contribution in [0.2, 0.25) is 16.6 Å². The maximum atomic E-state index is 10.4. The molecule has 1 N–H and O–H groups in total. The predicted octanol–water partition coefficient (Wildman–Crippen LogP) is 6.53. The van der Waals surface area contributed by atoms with Crippen LogP contribution in [0.5, 0.6) is 0 Å². The number of hydrogen-bond donors (Lipinski definition) is 1. The van der Waals surface area contributed by atoms with Gasteiger partial charge in [0.05, 0.1) is 13.2 Å². The Hall–Kier alpha value is 0.0569. The number of fused-ring (bicyclic) bond motifs is 2. The van der Waals surface area contributed by atoms with Crippen molar-refractivity contribution in [2.75, 3.05) is 26.4 Å². The van der Waals surface area contributed by atoms with Crippen molar-refractivity contribution in [2.45, 2.75) is 116 Å². The van der Waals surface area contributed by atoms with E-state index in [9.17, 15) is 5.11 Å². The largest absolute Gasteiger partial charge is 0.416 e. The molecule has 1 spiro atoms. The van der Waals surface area contributed by atoms with Gasteiger partial charge in [-0.05, 0) is 66.0 Å². The molecule has 2 aliphatic carbocycles. The second-order valence-corrected chi connectivity index (χ2v) is 17.6. The lowest BCUT2D eigenvalue weighted by Crippen LogP contribution is -2.62. The molecule has 3 rings (SSSR count). The van der Waals surface area contributed by atoms with Crippen LogP contribution in [0.15, 0.2) is 0 Å². The Morgan fingerprint density at radius 2 is 1.52 bits per heavy atom. The van der Waals surface area contributed by atoms with E-state index < -0.39 is 14.1 Å². The standard InChI is InChI=1S/C26H50O4Si/c1-19(2)31(20(3)4,21(5)6)30-15-14-24(7)22(18-27)11-13-25(8)23(24)10-9-12-26(25)28-16-17-29-26/h19-23,27H,9-18H2,1-8H3/t22-,23+,24-,25+/m0/s1. The minimum atomic E-state index is -1.88.